The zero-order chi connectivity index (χ0) is 15.1. The summed E-state index contributed by atoms with van der Waals surface area (Å²) in [5, 5.41) is 0. The maximum atomic E-state index is 14.4. The number of hydrogen-bond donors (Lipinski definition) is 0. The zero-order valence-corrected chi connectivity index (χ0v) is 11.6. The largest absolute Gasteiger partial charge is 0.204 e. The highest BCUT2D eigenvalue weighted by Crippen LogP contribution is 2.39. The van der Waals surface area contributed by atoms with Gasteiger partial charge in [0.05, 0.1) is 0 Å². The summed E-state index contributed by atoms with van der Waals surface area (Å²) in [6, 6.07) is 4.05. The molecule has 21 heavy (non-hydrogen) atoms. The molecule has 0 bridgehead atoms. The fraction of sp³-hybridized carbons (Fsp3) is 0.294. The Morgan fingerprint density at radius 3 is 2.24 bits per heavy atom. The second-order valence-electron chi connectivity index (χ2n) is 5.34. The molecule has 0 atom stereocenters. The van der Waals surface area contributed by atoms with Crippen molar-refractivity contribution >= 4 is 0 Å². The summed E-state index contributed by atoms with van der Waals surface area (Å²) < 4.78 is 56.0. The van der Waals surface area contributed by atoms with Crippen LogP contribution in [-0.2, 0) is 19.3 Å². The quantitative estimate of drug-likeness (QED) is 0.687. The van der Waals surface area contributed by atoms with Gasteiger partial charge in [-0.2, -0.15) is 0 Å². The first-order chi connectivity index (χ1) is 10.0. The maximum absolute atomic E-state index is 14.4. The Labute approximate surface area is 120 Å². The first-order valence-electron chi connectivity index (χ1n) is 7.01. The normalized spacial score (nSPS) is 13.0. The minimum atomic E-state index is -1.10. The number of hydrogen-bond acceptors (Lipinski definition) is 0. The summed E-state index contributed by atoms with van der Waals surface area (Å²) in [6.07, 6.45) is 2.11. The first-order valence-corrected chi connectivity index (χ1v) is 7.01. The lowest BCUT2D eigenvalue weighted by atomic mass is 9.83. The summed E-state index contributed by atoms with van der Waals surface area (Å²) in [5.74, 6) is -4.16. The van der Waals surface area contributed by atoms with Gasteiger partial charge >= 0.3 is 0 Å². The highest BCUT2D eigenvalue weighted by atomic mass is 19.2. The van der Waals surface area contributed by atoms with Crippen LogP contribution in [0.25, 0.3) is 11.1 Å². The number of rotatable bonds is 2. The predicted octanol–water partition coefficient (Wildman–Crippen LogP) is 4.96. The second-order valence-corrected chi connectivity index (χ2v) is 5.34. The van der Waals surface area contributed by atoms with Gasteiger partial charge in [0, 0.05) is 11.1 Å². The monoisotopic (exact) mass is 294 g/mol. The van der Waals surface area contributed by atoms with Crippen LogP contribution in [0.15, 0.2) is 18.2 Å². The van der Waals surface area contributed by atoms with Crippen LogP contribution in [0.1, 0.15) is 30.0 Å². The molecule has 0 radical (unpaired) electrons. The van der Waals surface area contributed by atoms with Crippen molar-refractivity contribution in [2.45, 2.75) is 32.6 Å². The van der Waals surface area contributed by atoms with Gasteiger partial charge in [0.15, 0.2) is 23.3 Å². The lowest BCUT2D eigenvalue weighted by molar-refractivity contribution is 0.491. The Hall–Kier alpha value is -1.84. The van der Waals surface area contributed by atoms with Crippen molar-refractivity contribution in [1.82, 2.24) is 0 Å². The molecule has 2 aromatic rings. The van der Waals surface area contributed by atoms with E-state index in [-0.39, 0.29) is 11.1 Å². The molecule has 0 saturated carbocycles. The van der Waals surface area contributed by atoms with E-state index in [0.717, 1.165) is 6.07 Å². The molecule has 0 spiro atoms. The second kappa shape index (κ2) is 5.17. The Morgan fingerprint density at radius 2 is 1.52 bits per heavy atom. The molecular weight excluding hydrogens is 280 g/mol. The topological polar surface area (TPSA) is 0 Å². The van der Waals surface area contributed by atoms with Gasteiger partial charge in [-0.25, -0.2) is 17.6 Å². The van der Waals surface area contributed by atoms with E-state index in [2.05, 4.69) is 0 Å². The van der Waals surface area contributed by atoms with Gasteiger partial charge in [0.2, 0.25) is 0 Å². The Balaban J connectivity index is 2.30. The molecule has 0 aromatic heterocycles. The molecule has 0 amide bonds. The molecule has 0 unspecified atom stereocenters. The van der Waals surface area contributed by atoms with Crippen LogP contribution in [0.3, 0.4) is 0 Å². The van der Waals surface area contributed by atoms with E-state index in [1.54, 1.807) is 6.07 Å². The molecule has 110 valence electrons. The molecule has 0 nitrogen and oxygen atoms in total. The van der Waals surface area contributed by atoms with Crippen LogP contribution in [0.5, 0.6) is 0 Å². The smallest absolute Gasteiger partial charge is 0.167 e. The van der Waals surface area contributed by atoms with Crippen LogP contribution in [-0.4, -0.2) is 0 Å². The van der Waals surface area contributed by atoms with E-state index in [1.807, 2.05) is 6.92 Å². The molecule has 3 rings (SSSR count). The zero-order valence-electron chi connectivity index (χ0n) is 11.6. The van der Waals surface area contributed by atoms with Gasteiger partial charge in [-0.05, 0) is 42.0 Å². The summed E-state index contributed by atoms with van der Waals surface area (Å²) in [6.45, 7) is 1.88. The van der Waals surface area contributed by atoms with E-state index >= 15 is 0 Å². The molecule has 0 saturated heterocycles. The van der Waals surface area contributed by atoms with Crippen LogP contribution in [0, 0.1) is 23.3 Å². The van der Waals surface area contributed by atoms with Crippen LogP contribution in [0.4, 0.5) is 17.6 Å². The van der Waals surface area contributed by atoms with E-state index < -0.39 is 23.3 Å². The first kappa shape index (κ1) is 14.1. The van der Waals surface area contributed by atoms with Gasteiger partial charge in [-0.1, -0.05) is 25.5 Å². The van der Waals surface area contributed by atoms with Gasteiger partial charge in [0.25, 0.3) is 0 Å². The lowest BCUT2D eigenvalue weighted by Gasteiger charge is -2.22. The van der Waals surface area contributed by atoms with Crippen molar-refractivity contribution in [2.75, 3.05) is 0 Å². The lowest BCUT2D eigenvalue weighted by Crippen LogP contribution is -2.12. The number of aryl methyl sites for hydroxylation is 3. The van der Waals surface area contributed by atoms with Gasteiger partial charge < -0.3 is 0 Å². The minimum absolute atomic E-state index is 0.120. The summed E-state index contributed by atoms with van der Waals surface area (Å²) in [5.41, 5.74) is 1.12. The molecule has 0 aliphatic heterocycles. The van der Waals surface area contributed by atoms with Crippen molar-refractivity contribution in [1.29, 1.82) is 0 Å². The summed E-state index contributed by atoms with van der Waals surface area (Å²) in [4.78, 5) is 0. The standard InChI is InChI=1S/C17H14F4/c1-2-3-11-8-10-5-4-9-6-7-12(18)16(20)13(9)14(10)17(21)15(11)19/h6-8H,2-5H2,1H3. The van der Waals surface area contributed by atoms with Crippen molar-refractivity contribution in [3.8, 4) is 11.1 Å². The average Bonchev–Trinajstić information content (AvgIpc) is 2.48. The van der Waals surface area contributed by atoms with Crippen molar-refractivity contribution in [3.05, 3.63) is 58.2 Å². The Morgan fingerprint density at radius 1 is 0.857 bits per heavy atom. The van der Waals surface area contributed by atoms with Crippen molar-refractivity contribution < 1.29 is 17.6 Å². The molecule has 1 aliphatic rings. The van der Waals surface area contributed by atoms with Gasteiger partial charge in [-0.3, -0.25) is 0 Å². The van der Waals surface area contributed by atoms with Crippen LogP contribution in [0.2, 0.25) is 0 Å². The third kappa shape index (κ3) is 2.13. The molecule has 1 aliphatic carbocycles. The van der Waals surface area contributed by atoms with Crippen LogP contribution < -0.4 is 0 Å². The molecule has 0 heterocycles. The van der Waals surface area contributed by atoms with Crippen molar-refractivity contribution in [3.63, 3.8) is 0 Å². The maximum Gasteiger partial charge on any atom is 0.167 e. The predicted molar refractivity (Wildman–Crippen MR) is 73.1 cm³/mol. The molecule has 0 N–H and O–H groups in total. The Bertz CT molecular complexity index is 719. The summed E-state index contributed by atoms with van der Waals surface area (Å²) in [7, 11) is 0. The fourth-order valence-corrected chi connectivity index (χ4v) is 2.99. The molecular formula is C17H14F4. The number of halogens is 4. The Kier molecular flexibility index (Phi) is 3.47. The minimum Gasteiger partial charge on any atom is -0.204 e. The summed E-state index contributed by atoms with van der Waals surface area (Å²) >= 11 is 0. The van der Waals surface area contributed by atoms with E-state index in [1.165, 1.54) is 6.07 Å². The van der Waals surface area contributed by atoms with E-state index in [0.29, 0.717) is 42.4 Å². The highest BCUT2D eigenvalue weighted by molar-refractivity contribution is 5.75. The van der Waals surface area contributed by atoms with Crippen LogP contribution >= 0.6 is 0 Å². The third-order valence-electron chi connectivity index (χ3n) is 3.98. The molecule has 4 heteroatoms. The highest BCUT2D eigenvalue weighted by Gasteiger charge is 2.28. The van der Waals surface area contributed by atoms with Gasteiger partial charge in [0.1, 0.15) is 0 Å². The van der Waals surface area contributed by atoms with E-state index in [9.17, 15) is 17.6 Å². The van der Waals surface area contributed by atoms with Crippen molar-refractivity contribution in [2.24, 2.45) is 0 Å². The molecule has 2 aromatic carbocycles. The fourth-order valence-electron chi connectivity index (χ4n) is 2.99. The number of benzene rings is 2. The van der Waals surface area contributed by atoms with E-state index in [4.69, 9.17) is 0 Å². The van der Waals surface area contributed by atoms with Gasteiger partial charge in [-0.15, -0.1) is 0 Å². The average molecular weight is 294 g/mol. The SMILES string of the molecule is CCCc1cc2c(c(F)c1F)-c1c(ccc(F)c1F)CC2. The number of fused-ring (bicyclic) bond motifs is 3. The molecule has 0 fully saturated rings. The third-order valence-corrected chi connectivity index (χ3v) is 3.98.